The fraction of sp³-hybridized carbons (Fsp3) is 0.444. The van der Waals surface area contributed by atoms with Gasteiger partial charge < -0.3 is 14.2 Å². The van der Waals surface area contributed by atoms with Crippen molar-refractivity contribution in [2.24, 2.45) is 0 Å². The zero-order valence-electron chi connectivity index (χ0n) is 16.0. The maximum absolute atomic E-state index is 12.6. The average Bonchev–Trinajstić information content (AvgIpc) is 3.15. The zero-order chi connectivity index (χ0) is 20.3. The smallest absolute Gasteiger partial charge is 0.321 e. The second-order valence-corrected chi connectivity index (χ2v) is 8.60. The van der Waals surface area contributed by atoms with Gasteiger partial charge in [-0.05, 0) is 31.4 Å². The number of piperidine rings is 1. The molecule has 11 heteroatoms. The summed E-state index contributed by atoms with van der Waals surface area (Å²) < 4.78 is 38.0. The van der Waals surface area contributed by atoms with Crippen LogP contribution in [0.4, 0.5) is 5.95 Å². The van der Waals surface area contributed by atoms with Crippen LogP contribution in [0.3, 0.4) is 0 Å². The van der Waals surface area contributed by atoms with E-state index in [0.29, 0.717) is 28.4 Å². The van der Waals surface area contributed by atoms with E-state index in [4.69, 9.17) is 9.26 Å². The minimum absolute atomic E-state index is 0.0716. The summed E-state index contributed by atoms with van der Waals surface area (Å²) in [6, 6.07) is 7.29. The standard InChI is InChI=1S/C18H22N6O4S/c1-27-18-21-16(20-17(22-18)24-9-5-2-6-10-24)11-19-29(25,26)12-14-13-7-3-4-8-15(13)28-23-14/h3-4,7-8,19H,2,5-6,9-12H2,1H3. The maximum Gasteiger partial charge on any atom is 0.321 e. The molecule has 1 fully saturated rings. The van der Waals surface area contributed by atoms with Crippen molar-refractivity contribution in [3.05, 3.63) is 35.8 Å². The Bertz CT molecular complexity index is 1090. The number of fused-ring (bicyclic) bond motifs is 1. The van der Waals surface area contributed by atoms with Gasteiger partial charge in [0.25, 0.3) is 0 Å². The molecule has 1 aliphatic heterocycles. The number of ether oxygens (including phenoxy) is 1. The molecule has 1 N–H and O–H groups in total. The predicted octanol–water partition coefficient (Wildman–Crippen LogP) is 1.63. The van der Waals surface area contributed by atoms with E-state index in [-0.39, 0.29) is 18.3 Å². The van der Waals surface area contributed by atoms with Gasteiger partial charge in [0, 0.05) is 18.5 Å². The van der Waals surface area contributed by atoms with Crippen molar-refractivity contribution < 1.29 is 17.7 Å². The maximum atomic E-state index is 12.6. The van der Waals surface area contributed by atoms with Crippen LogP contribution in [-0.4, -0.2) is 48.7 Å². The minimum Gasteiger partial charge on any atom is -0.467 e. The lowest BCUT2D eigenvalue weighted by molar-refractivity contribution is 0.374. The minimum atomic E-state index is -3.68. The molecule has 3 aromatic rings. The molecule has 29 heavy (non-hydrogen) atoms. The quantitative estimate of drug-likeness (QED) is 0.609. The largest absolute Gasteiger partial charge is 0.467 e. The van der Waals surface area contributed by atoms with Crippen molar-refractivity contribution in [2.75, 3.05) is 25.1 Å². The number of rotatable bonds is 7. The molecule has 154 valence electrons. The molecule has 1 saturated heterocycles. The number of nitrogens with zero attached hydrogens (tertiary/aromatic N) is 5. The van der Waals surface area contributed by atoms with Crippen molar-refractivity contribution >= 4 is 26.9 Å². The van der Waals surface area contributed by atoms with Gasteiger partial charge in [0.1, 0.15) is 11.4 Å². The lowest BCUT2D eigenvalue weighted by atomic mass is 10.1. The van der Waals surface area contributed by atoms with Crippen LogP contribution < -0.4 is 14.4 Å². The van der Waals surface area contributed by atoms with Crippen LogP contribution in [-0.2, 0) is 22.3 Å². The van der Waals surface area contributed by atoms with Crippen molar-refractivity contribution in [2.45, 2.75) is 31.6 Å². The number of sulfonamides is 1. The fourth-order valence-corrected chi connectivity index (χ4v) is 4.26. The Kier molecular flexibility index (Phi) is 5.58. The molecule has 1 aromatic carbocycles. The molecule has 0 unspecified atom stereocenters. The molecule has 0 saturated carbocycles. The normalized spacial score (nSPS) is 15.0. The first kappa shape index (κ1) is 19.5. The summed E-state index contributed by atoms with van der Waals surface area (Å²) in [5.74, 6) is 0.504. The predicted molar refractivity (Wildman–Crippen MR) is 106 cm³/mol. The summed E-state index contributed by atoms with van der Waals surface area (Å²) >= 11 is 0. The van der Waals surface area contributed by atoms with Crippen molar-refractivity contribution in [1.29, 1.82) is 0 Å². The third-order valence-corrected chi connectivity index (χ3v) is 5.94. The van der Waals surface area contributed by atoms with Gasteiger partial charge in [-0.1, -0.05) is 17.3 Å². The number of para-hydroxylation sites is 1. The highest BCUT2D eigenvalue weighted by Gasteiger charge is 2.20. The van der Waals surface area contributed by atoms with E-state index < -0.39 is 10.0 Å². The molecule has 0 aliphatic carbocycles. The Morgan fingerprint density at radius 1 is 1.14 bits per heavy atom. The van der Waals surface area contributed by atoms with Crippen LogP contribution in [0.5, 0.6) is 6.01 Å². The Morgan fingerprint density at radius 2 is 1.93 bits per heavy atom. The van der Waals surface area contributed by atoms with Crippen molar-refractivity contribution in [3.63, 3.8) is 0 Å². The molecule has 0 atom stereocenters. The van der Waals surface area contributed by atoms with E-state index in [1.807, 2.05) is 6.07 Å². The second kappa shape index (κ2) is 8.29. The lowest BCUT2D eigenvalue weighted by Crippen LogP contribution is -2.32. The van der Waals surface area contributed by atoms with Gasteiger partial charge in [-0.15, -0.1) is 0 Å². The SMILES string of the molecule is COc1nc(CNS(=O)(=O)Cc2noc3ccccc23)nc(N2CCCCC2)n1. The van der Waals surface area contributed by atoms with Crippen LogP contribution in [0.15, 0.2) is 28.8 Å². The molecule has 4 rings (SSSR count). The average molecular weight is 418 g/mol. The van der Waals surface area contributed by atoms with Crippen molar-refractivity contribution in [1.82, 2.24) is 24.8 Å². The highest BCUT2D eigenvalue weighted by Crippen LogP contribution is 2.20. The number of methoxy groups -OCH3 is 1. The van der Waals surface area contributed by atoms with Gasteiger partial charge in [0.05, 0.1) is 13.7 Å². The van der Waals surface area contributed by atoms with Crippen LogP contribution >= 0.6 is 0 Å². The first-order valence-electron chi connectivity index (χ1n) is 9.38. The number of aromatic nitrogens is 4. The number of hydrogen-bond donors (Lipinski definition) is 1. The third kappa shape index (κ3) is 4.62. The fourth-order valence-electron chi connectivity index (χ4n) is 3.24. The van der Waals surface area contributed by atoms with E-state index in [9.17, 15) is 8.42 Å². The second-order valence-electron chi connectivity index (χ2n) is 6.79. The molecular formula is C18H22N6O4S. The molecule has 1 aliphatic rings. The summed E-state index contributed by atoms with van der Waals surface area (Å²) in [7, 11) is -2.21. The van der Waals surface area contributed by atoms with Gasteiger partial charge in [-0.25, -0.2) is 13.1 Å². The Balaban J connectivity index is 1.48. The van der Waals surface area contributed by atoms with Crippen LogP contribution in [0.1, 0.15) is 30.8 Å². The number of anilines is 1. The summed E-state index contributed by atoms with van der Waals surface area (Å²) in [6.07, 6.45) is 3.32. The van der Waals surface area contributed by atoms with Gasteiger partial charge >= 0.3 is 6.01 Å². The van der Waals surface area contributed by atoms with Crippen molar-refractivity contribution in [3.8, 4) is 6.01 Å². The van der Waals surface area contributed by atoms with E-state index in [1.165, 1.54) is 13.5 Å². The van der Waals surface area contributed by atoms with Gasteiger partial charge in [-0.2, -0.15) is 15.0 Å². The molecule has 0 bridgehead atoms. The first-order valence-corrected chi connectivity index (χ1v) is 11.0. The van der Waals surface area contributed by atoms with Gasteiger partial charge in [-0.3, -0.25) is 0 Å². The summed E-state index contributed by atoms with van der Waals surface area (Å²) in [5, 5.41) is 4.55. The van der Waals surface area contributed by atoms with E-state index in [2.05, 4.69) is 29.7 Å². The number of hydrogen-bond acceptors (Lipinski definition) is 9. The lowest BCUT2D eigenvalue weighted by Gasteiger charge is -2.26. The van der Waals surface area contributed by atoms with Gasteiger partial charge in [0.2, 0.25) is 16.0 Å². The highest BCUT2D eigenvalue weighted by atomic mass is 32.2. The molecule has 3 heterocycles. The molecule has 0 radical (unpaired) electrons. The summed E-state index contributed by atoms with van der Waals surface area (Å²) in [6.45, 7) is 1.65. The molecular weight excluding hydrogens is 396 g/mol. The first-order chi connectivity index (χ1) is 14.0. The highest BCUT2D eigenvalue weighted by molar-refractivity contribution is 7.88. The topological polar surface area (TPSA) is 123 Å². The zero-order valence-corrected chi connectivity index (χ0v) is 16.9. The number of benzene rings is 1. The van der Waals surface area contributed by atoms with E-state index in [1.54, 1.807) is 18.2 Å². The Morgan fingerprint density at radius 3 is 2.72 bits per heavy atom. The molecule has 10 nitrogen and oxygen atoms in total. The van der Waals surface area contributed by atoms with E-state index in [0.717, 1.165) is 25.9 Å². The van der Waals surface area contributed by atoms with Crippen LogP contribution in [0.2, 0.25) is 0 Å². The van der Waals surface area contributed by atoms with E-state index >= 15 is 0 Å². The van der Waals surface area contributed by atoms with Crippen LogP contribution in [0.25, 0.3) is 11.0 Å². The molecule has 0 amide bonds. The van der Waals surface area contributed by atoms with Crippen LogP contribution in [0, 0.1) is 0 Å². The van der Waals surface area contributed by atoms with Gasteiger partial charge in [0.15, 0.2) is 11.4 Å². The number of nitrogens with one attached hydrogen (secondary N) is 1. The summed E-state index contributed by atoms with van der Waals surface area (Å²) in [5.41, 5.74) is 0.904. The third-order valence-electron chi connectivity index (χ3n) is 4.70. The molecule has 0 spiro atoms. The summed E-state index contributed by atoms with van der Waals surface area (Å²) in [4.78, 5) is 14.9. The Hall–Kier alpha value is -2.79. The molecule has 2 aromatic heterocycles. The monoisotopic (exact) mass is 418 g/mol. The Labute approximate surface area is 168 Å².